The minimum atomic E-state index is -1.12. The molecule has 0 aliphatic carbocycles. The summed E-state index contributed by atoms with van der Waals surface area (Å²) in [4.78, 5) is 23.1. The molecule has 0 aromatic carbocycles. The molecular formula is C32H63NO6. The van der Waals surface area contributed by atoms with Crippen LogP contribution in [0.2, 0.25) is 0 Å². The largest absolute Gasteiger partial charge is 0.544 e. The van der Waals surface area contributed by atoms with Crippen LogP contribution in [0.3, 0.4) is 0 Å². The maximum Gasteiger partial charge on any atom is 0.305 e. The first kappa shape index (κ1) is 37.8. The number of aliphatic hydroxyl groups excluding tert-OH is 1. The third-order valence-electron chi connectivity index (χ3n) is 7.47. The zero-order valence-corrected chi connectivity index (χ0v) is 26.1. The lowest BCUT2D eigenvalue weighted by Gasteiger charge is -2.34. The standard InChI is InChI=1S/C32H63NO6/c1-5-6-7-8-9-10-11-12-13-14-15-16-17-18-19-20-21-22-23-24-31(35)39-28-29(34)27-38-26-25-30(32(36)37)33(2,3)4/h29-30,34H,5-28H2,1-4H3. The van der Waals surface area contributed by atoms with Crippen molar-refractivity contribution in [3.05, 3.63) is 0 Å². The first-order valence-corrected chi connectivity index (χ1v) is 16.1. The van der Waals surface area contributed by atoms with E-state index in [2.05, 4.69) is 6.92 Å². The Kier molecular flexibility index (Phi) is 25.0. The third kappa shape index (κ3) is 25.5. The summed E-state index contributed by atoms with van der Waals surface area (Å²) >= 11 is 0. The van der Waals surface area contributed by atoms with Gasteiger partial charge < -0.3 is 29.0 Å². The number of esters is 1. The average Bonchev–Trinajstić information content (AvgIpc) is 2.87. The van der Waals surface area contributed by atoms with Crippen molar-refractivity contribution in [2.24, 2.45) is 0 Å². The van der Waals surface area contributed by atoms with Crippen molar-refractivity contribution in [2.45, 2.75) is 154 Å². The van der Waals surface area contributed by atoms with Crippen LogP contribution in [0, 0.1) is 0 Å². The first-order chi connectivity index (χ1) is 18.7. The molecule has 39 heavy (non-hydrogen) atoms. The number of hydrogen-bond acceptors (Lipinski definition) is 6. The summed E-state index contributed by atoms with van der Waals surface area (Å²) in [6.45, 7) is 2.37. The lowest BCUT2D eigenvalue weighted by atomic mass is 10.0. The number of carbonyl (C=O) groups excluding carboxylic acids is 2. The van der Waals surface area contributed by atoms with E-state index in [1.54, 1.807) is 21.1 Å². The van der Waals surface area contributed by atoms with E-state index in [4.69, 9.17) is 9.47 Å². The zero-order valence-electron chi connectivity index (χ0n) is 26.1. The van der Waals surface area contributed by atoms with Crippen LogP contribution in [0.25, 0.3) is 0 Å². The normalized spacial score (nSPS) is 13.4. The Bertz CT molecular complexity index is 577. The summed E-state index contributed by atoms with van der Waals surface area (Å²) in [5.74, 6) is -1.40. The quantitative estimate of drug-likeness (QED) is 0.0694. The van der Waals surface area contributed by atoms with E-state index in [-0.39, 0.29) is 36.7 Å². The van der Waals surface area contributed by atoms with Gasteiger partial charge in [0.1, 0.15) is 18.8 Å². The van der Waals surface area contributed by atoms with Crippen LogP contribution in [0.15, 0.2) is 0 Å². The van der Waals surface area contributed by atoms with Gasteiger partial charge in [-0.2, -0.15) is 0 Å². The van der Waals surface area contributed by atoms with E-state index < -0.39 is 18.1 Å². The Morgan fingerprint density at radius 1 is 0.692 bits per heavy atom. The summed E-state index contributed by atoms with van der Waals surface area (Å²) in [6.07, 6.45) is 24.8. The summed E-state index contributed by atoms with van der Waals surface area (Å²) in [5.41, 5.74) is 0. The number of unbranched alkanes of at least 4 members (excludes halogenated alkanes) is 18. The molecule has 0 aliphatic rings. The molecule has 0 radical (unpaired) electrons. The predicted molar refractivity (Wildman–Crippen MR) is 157 cm³/mol. The van der Waals surface area contributed by atoms with Crippen LogP contribution < -0.4 is 5.11 Å². The SMILES string of the molecule is CCCCCCCCCCCCCCCCCCCCCC(=O)OCC(O)COCCC(C(=O)[O-])[N+](C)(C)C. The van der Waals surface area contributed by atoms with Crippen LogP contribution in [0.5, 0.6) is 0 Å². The molecule has 0 aliphatic heterocycles. The zero-order chi connectivity index (χ0) is 29.2. The van der Waals surface area contributed by atoms with Crippen molar-refractivity contribution < 1.29 is 33.8 Å². The highest BCUT2D eigenvalue weighted by molar-refractivity contribution is 5.69. The highest BCUT2D eigenvalue weighted by atomic mass is 16.5. The number of carboxylic acids is 1. The van der Waals surface area contributed by atoms with Crippen LogP contribution in [-0.2, 0) is 19.1 Å². The van der Waals surface area contributed by atoms with Gasteiger partial charge in [0, 0.05) is 12.8 Å². The lowest BCUT2D eigenvalue weighted by Crippen LogP contribution is -2.55. The second-order valence-electron chi connectivity index (χ2n) is 12.3. The molecule has 0 amide bonds. The number of rotatable bonds is 29. The molecule has 2 unspecified atom stereocenters. The Balaban J connectivity index is 3.43. The molecule has 1 N–H and O–H groups in total. The van der Waals surface area contributed by atoms with Crippen LogP contribution in [-0.4, -0.2) is 74.6 Å². The number of likely N-dealkylation sites (N-methyl/N-ethyl adjacent to an activating group) is 1. The average molecular weight is 558 g/mol. The number of carbonyl (C=O) groups is 2. The Hall–Kier alpha value is -1.18. The van der Waals surface area contributed by atoms with Gasteiger partial charge in [-0.25, -0.2) is 0 Å². The number of carboxylic acid groups (broad SMARTS) is 1. The van der Waals surface area contributed by atoms with Gasteiger partial charge >= 0.3 is 5.97 Å². The number of nitrogens with zero attached hydrogens (tertiary/aromatic N) is 1. The Morgan fingerprint density at radius 2 is 1.10 bits per heavy atom. The van der Waals surface area contributed by atoms with Crippen molar-refractivity contribution >= 4 is 11.9 Å². The molecule has 232 valence electrons. The number of hydrogen-bond donors (Lipinski definition) is 1. The minimum Gasteiger partial charge on any atom is -0.544 e. The molecule has 2 atom stereocenters. The second-order valence-corrected chi connectivity index (χ2v) is 12.3. The van der Waals surface area contributed by atoms with Crippen molar-refractivity contribution in [1.29, 1.82) is 0 Å². The number of quaternary nitrogens is 1. The molecule has 0 spiro atoms. The van der Waals surface area contributed by atoms with Gasteiger partial charge in [0.05, 0.1) is 40.3 Å². The summed E-state index contributed by atoms with van der Waals surface area (Å²) < 4.78 is 10.7. The van der Waals surface area contributed by atoms with E-state index in [9.17, 15) is 19.8 Å². The van der Waals surface area contributed by atoms with Crippen LogP contribution >= 0.6 is 0 Å². The van der Waals surface area contributed by atoms with Gasteiger partial charge in [-0.3, -0.25) is 4.79 Å². The van der Waals surface area contributed by atoms with Crippen molar-refractivity contribution in [1.82, 2.24) is 0 Å². The monoisotopic (exact) mass is 557 g/mol. The van der Waals surface area contributed by atoms with Crippen LogP contribution in [0.1, 0.15) is 142 Å². The van der Waals surface area contributed by atoms with Gasteiger partial charge in [0.15, 0.2) is 0 Å². The number of ether oxygens (including phenoxy) is 2. The smallest absolute Gasteiger partial charge is 0.305 e. The van der Waals surface area contributed by atoms with E-state index in [1.165, 1.54) is 103 Å². The fourth-order valence-electron chi connectivity index (χ4n) is 4.89. The molecule has 0 bridgehead atoms. The fourth-order valence-corrected chi connectivity index (χ4v) is 4.89. The van der Waals surface area contributed by atoms with Gasteiger partial charge in [-0.05, 0) is 6.42 Å². The summed E-state index contributed by atoms with van der Waals surface area (Å²) in [7, 11) is 5.36. The molecule has 0 rings (SSSR count). The number of aliphatic hydroxyl groups is 1. The van der Waals surface area contributed by atoms with Crippen LogP contribution in [0.4, 0.5) is 0 Å². The third-order valence-corrected chi connectivity index (χ3v) is 7.47. The molecule has 0 aromatic heterocycles. The topological polar surface area (TPSA) is 95.9 Å². The Morgan fingerprint density at radius 3 is 1.49 bits per heavy atom. The van der Waals surface area contributed by atoms with Crippen molar-refractivity contribution in [2.75, 3.05) is 41.0 Å². The summed E-state index contributed by atoms with van der Waals surface area (Å²) in [6, 6.07) is -0.681. The first-order valence-electron chi connectivity index (χ1n) is 16.1. The van der Waals surface area contributed by atoms with E-state index >= 15 is 0 Å². The van der Waals surface area contributed by atoms with Gasteiger partial charge in [0.2, 0.25) is 0 Å². The predicted octanol–water partition coefficient (Wildman–Crippen LogP) is 5.94. The second kappa shape index (κ2) is 25.8. The highest BCUT2D eigenvalue weighted by Gasteiger charge is 2.24. The molecular weight excluding hydrogens is 494 g/mol. The molecule has 0 heterocycles. The van der Waals surface area contributed by atoms with Crippen molar-refractivity contribution in [3.8, 4) is 0 Å². The maximum absolute atomic E-state index is 11.9. The molecule has 7 heteroatoms. The highest BCUT2D eigenvalue weighted by Crippen LogP contribution is 2.15. The van der Waals surface area contributed by atoms with Gasteiger partial charge in [-0.1, -0.05) is 122 Å². The van der Waals surface area contributed by atoms with E-state index in [0.29, 0.717) is 6.42 Å². The van der Waals surface area contributed by atoms with E-state index in [0.717, 1.165) is 19.3 Å². The minimum absolute atomic E-state index is 0.00342. The lowest BCUT2D eigenvalue weighted by molar-refractivity contribution is -0.889. The Labute approximate surface area is 240 Å². The molecule has 0 saturated heterocycles. The van der Waals surface area contributed by atoms with Gasteiger partial charge in [-0.15, -0.1) is 0 Å². The summed E-state index contributed by atoms with van der Waals surface area (Å²) in [5, 5.41) is 21.2. The van der Waals surface area contributed by atoms with E-state index in [1.807, 2.05) is 0 Å². The fraction of sp³-hybridized carbons (Fsp3) is 0.938. The molecule has 0 fully saturated rings. The van der Waals surface area contributed by atoms with Crippen molar-refractivity contribution in [3.63, 3.8) is 0 Å². The number of aliphatic carboxylic acids is 1. The van der Waals surface area contributed by atoms with Gasteiger partial charge in [0.25, 0.3) is 0 Å². The molecule has 7 nitrogen and oxygen atoms in total. The molecule has 0 aromatic rings. The molecule has 0 saturated carbocycles. The maximum atomic E-state index is 11.9.